The predicted molar refractivity (Wildman–Crippen MR) is 71.9 cm³/mol. The summed E-state index contributed by atoms with van der Waals surface area (Å²) < 4.78 is 21.3. The van der Waals surface area contributed by atoms with Crippen LogP contribution in [0.4, 0.5) is 4.39 Å². The Morgan fingerprint density at radius 2 is 2.11 bits per heavy atom. The second kappa shape index (κ2) is 5.40. The van der Waals surface area contributed by atoms with Crippen LogP contribution in [0.2, 0.25) is 0 Å². The second-order valence-corrected chi connectivity index (χ2v) is 4.53. The summed E-state index contributed by atoms with van der Waals surface area (Å²) in [5.41, 5.74) is 7.92. The molecule has 0 radical (unpaired) electrons. The maximum Gasteiger partial charge on any atom is 0.171 e. The molecular formula is C14H18FN3O. The van der Waals surface area contributed by atoms with E-state index >= 15 is 0 Å². The summed E-state index contributed by atoms with van der Waals surface area (Å²) in [6, 6.07) is 4.92. The topological polar surface area (TPSA) is 53.1 Å². The number of nitrogens with two attached hydrogens (primary N) is 1. The first-order valence-corrected chi connectivity index (χ1v) is 6.19. The highest BCUT2D eigenvalue weighted by molar-refractivity contribution is 5.39. The maximum atomic E-state index is 13.9. The summed E-state index contributed by atoms with van der Waals surface area (Å²) in [7, 11) is 1.83. The van der Waals surface area contributed by atoms with E-state index in [0.717, 1.165) is 17.0 Å². The van der Waals surface area contributed by atoms with Crippen LogP contribution in [0.15, 0.2) is 18.2 Å². The summed E-state index contributed by atoms with van der Waals surface area (Å²) in [6.45, 7) is 4.22. The maximum absolute atomic E-state index is 13.9. The number of rotatable bonds is 4. The lowest BCUT2D eigenvalue weighted by molar-refractivity contribution is 0.435. The molecule has 0 fully saturated rings. The molecule has 0 bridgehead atoms. The fourth-order valence-electron chi connectivity index (χ4n) is 1.96. The Bertz CT molecular complexity index is 593. The van der Waals surface area contributed by atoms with Gasteiger partial charge in [0, 0.05) is 7.05 Å². The van der Waals surface area contributed by atoms with Crippen LogP contribution in [0.5, 0.6) is 11.5 Å². The summed E-state index contributed by atoms with van der Waals surface area (Å²) in [6.07, 6.45) is 0.655. The van der Waals surface area contributed by atoms with Crippen molar-refractivity contribution in [3.63, 3.8) is 0 Å². The zero-order valence-corrected chi connectivity index (χ0v) is 11.4. The van der Waals surface area contributed by atoms with Crippen molar-refractivity contribution in [2.45, 2.75) is 20.3 Å². The average molecular weight is 263 g/mol. The molecule has 0 saturated carbocycles. The Morgan fingerprint density at radius 3 is 2.63 bits per heavy atom. The van der Waals surface area contributed by atoms with Gasteiger partial charge in [0.05, 0.1) is 5.69 Å². The van der Waals surface area contributed by atoms with Crippen molar-refractivity contribution >= 4 is 0 Å². The number of aromatic nitrogens is 2. The fourth-order valence-corrected chi connectivity index (χ4v) is 1.96. The van der Waals surface area contributed by atoms with Crippen LogP contribution in [0, 0.1) is 19.7 Å². The lowest BCUT2D eigenvalue weighted by atomic mass is 10.1. The largest absolute Gasteiger partial charge is 0.450 e. The van der Waals surface area contributed by atoms with Crippen molar-refractivity contribution in [3.8, 4) is 11.5 Å². The Morgan fingerprint density at radius 1 is 1.37 bits per heavy atom. The highest BCUT2D eigenvalue weighted by Crippen LogP contribution is 2.30. The molecule has 0 amide bonds. The minimum Gasteiger partial charge on any atom is -0.450 e. The number of ether oxygens (including phenoxy) is 1. The zero-order valence-electron chi connectivity index (χ0n) is 11.4. The van der Waals surface area contributed by atoms with Gasteiger partial charge in [-0.05, 0) is 44.5 Å². The highest BCUT2D eigenvalue weighted by Gasteiger charge is 2.14. The minimum atomic E-state index is -0.381. The van der Waals surface area contributed by atoms with Gasteiger partial charge in [0.25, 0.3) is 0 Å². The van der Waals surface area contributed by atoms with Crippen LogP contribution >= 0.6 is 0 Å². The van der Waals surface area contributed by atoms with E-state index < -0.39 is 0 Å². The van der Waals surface area contributed by atoms with Crippen LogP contribution in [-0.2, 0) is 13.5 Å². The number of hydrogen-bond donors (Lipinski definition) is 1. The zero-order chi connectivity index (χ0) is 14.0. The van der Waals surface area contributed by atoms with Gasteiger partial charge in [-0.15, -0.1) is 0 Å². The lowest BCUT2D eigenvalue weighted by Gasteiger charge is -2.08. The van der Waals surface area contributed by atoms with E-state index in [1.807, 2.05) is 27.0 Å². The monoisotopic (exact) mass is 263 g/mol. The molecule has 1 heterocycles. The van der Waals surface area contributed by atoms with E-state index in [2.05, 4.69) is 5.10 Å². The van der Waals surface area contributed by atoms with E-state index in [1.54, 1.807) is 10.7 Å². The van der Waals surface area contributed by atoms with Gasteiger partial charge in [-0.2, -0.15) is 5.10 Å². The quantitative estimate of drug-likeness (QED) is 0.922. The third-order valence-electron chi connectivity index (χ3n) is 3.08. The highest BCUT2D eigenvalue weighted by atomic mass is 19.1. The van der Waals surface area contributed by atoms with Gasteiger partial charge in [0.1, 0.15) is 5.69 Å². The van der Waals surface area contributed by atoms with Gasteiger partial charge in [-0.3, -0.25) is 4.68 Å². The van der Waals surface area contributed by atoms with E-state index in [4.69, 9.17) is 10.5 Å². The SMILES string of the molecule is Cc1nn(C)c(C)c1Oc1ccc(CCN)cc1F. The summed E-state index contributed by atoms with van der Waals surface area (Å²) in [5, 5.41) is 4.24. The molecule has 4 nitrogen and oxygen atoms in total. The third kappa shape index (κ3) is 2.76. The van der Waals surface area contributed by atoms with Crippen LogP contribution in [0.3, 0.4) is 0 Å². The molecule has 2 rings (SSSR count). The first-order valence-electron chi connectivity index (χ1n) is 6.19. The van der Waals surface area contributed by atoms with Crippen LogP contribution in [-0.4, -0.2) is 16.3 Å². The number of halogens is 1. The average Bonchev–Trinajstić information content (AvgIpc) is 2.59. The smallest absolute Gasteiger partial charge is 0.171 e. The van der Waals surface area contributed by atoms with Crippen LogP contribution in [0.25, 0.3) is 0 Å². The molecule has 0 atom stereocenters. The number of aryl methyl sites for hydroxylation is 2. The fraction of sp³-hybridized carbons (Fsp3) is 0.357. The van der Waals surface area contributed by atoms with Crippen molar-refractivity contribution < 1.29 is 9.13 Å². The van der Waals surface area contributed by atoms with Gasteiger partial charge in [0.2, 0.25) is 0 Å². The Kier molecular flexibility index (Phi) is 3.85. The molecular weight excluding hydrogens is 245 g/mol. The Balaban J connectivity index is 2.28. The van der Waals surface area contributed by atoms with Gasteiger partial charge >= 0.3 is 0 Å². The molecule has 1 aromatic carbocycles. The van der Waals surface area contributed by atoms with Crippen molar-refractivity contribution in [1.82, 2.24) is 9.78 Å². The first-order chi connectivity index (χ1) is 9.02. The lowest BCUT2D eigenvalue weighted by Crippen LogP contribution is -2.03. The molecule has 2 aromatic rings. The Labute approximate surface area is 112 Å². The number of benzene rings is 1. The normalized spacial score (nSPS) is 10.8. The van der Waals surface area contributed by atoms with E-state index in [9.17, 15) is 4.39 Å². The molecule has 0 spiro atoms. The number of hydrogen-bond acceptors (Lipinski definition) is 3. The van der Waals surface area contributed by atoms with Crippen molar-refractivity contribution in [1.29, 1.82) is 0 Å². The van der Waals surface area contributed by atoms with Gasteiger partial charge in [-0.1, -0.05) is 6.07 Å². The molecule has 0 aliphatic rings. The number of nitrogens with zero attached hydrogens (tertiary/aromatic N) is 2. The first kappa shape index (κ1) is 13.5. The second-order valence-electron chi connectivity index (χ2n) is 4.53. The summed E-state index contributed by atoms with van der Waals surface area (Å²) >= 11 is 0. The molecule has 19 heavy (non-hydrogen) atoms. The summed E-state index contributed by atoms with van der Waals surface area (Å²) in [5.74, 6) is 0.432. The van der Waals surface area contributed by atoms with E-state index in [-0.39, 0.29) is 11.6 Å². The predicted octanol–water partition coefficient (Wildman–Crippen LogP) is 2.47. The van der Waals surface area contributed by atoms with Gasteiger partial charge < -0.3 is 10.5 Å². The standard InChI is InChI=1S/C14H18FN3O/c1-9-14(10(2)18(3)17-9)19-13-5-4-11(6-7-16)8-12(13)15/h4-5,8H,6-7,16H2,1-3H3. The third-order valence-corrected chi connectivity index (χ3v) is 3.08. The van der Waals surface area contributed by atoms with E-state index in [1.165, 1.54) is 6.07 Å². The molecule has 0 aliphatic heterocycles. The van der Waals surface area contributed by atoms with Crippen LogP contribution < -0.4 is 10.5 Å². The molecule has 102 valence electrons. The minimum absolute atomic E-state index is 0.208. The molecule has 1 aromatic heterocycles. The molecule has 5 heteroatoms. The Hall–Kier alpha value is -1.88. The van der Waals surface area contributed by atoms with Crippen molar-refractivity contribution in [2.75, 3.05) is 6.54 Å². The molecule has 0 unspecified atom stereocenters. The van der Waals surface area contributed by atoms with Gasteiger partial charge in [-0.25, -0.2) is 4.39 Å². The molecule has 0 aliphatic carbocycles. The van der Waals surface area contributed by atoms with E-state index in [0.29, 0.717) is 18.7 Å². The van der Waals surface area contributed by atoms with Crippen molar-refractivity contribution in [3.05, 3.63) is 41.0 Å². The molecule has 2 N–H and O–H groups in total. The molecule has 0 saturated heterocycles. The van der Waals surface area contributed by atoms with Crippen molar-refractivity contribution in [2.24, 2.45) is 12.8 Å². The summed E-state index contributed by atoms with van der Waals surface area (Å²) in [4.78, 5) is 0. The van der Waals surface area contributed by atoms with Crippen LogP contribution in [0.1, 0.15) is 17.0 Å². The van der Waals surface area contributed by atoms with Gasteiger partial charge in [0.15, 0.2) is 17.3 Å².